The Balaban J connectivity index is 1.85. The molecule has 0 aliphatic heterocycles. The first kappa shape index (κ1) is 25.2. The van der Waals surface area contributed by atoms with Crippen molar-refractivity contribution in [2.24, 2.45) is 5.10 Å². The van der Waals surface area contributed by atoms with Crippen LogP contribution in [0.15, 0.2) is 82.8 Å². The molecule has 0 atom stereocenters. The monoisotopic (exact) mass is 498 g/mol. The van der Waals surface area contributed by atoms with Gasteiger partial charge in [0.2, 0.25) is 0 Å². The van der Waals surface area contributed by atoms with E-state index in [1.165, 1.54) is 42.6 Å². The van der Waals surface area contributed by atoms with E-state index in [0.29, 0.717) is 12.2 Å². The number of anilines is 1. The number of ether oxygens (including phenoxy) is 1. The summed E-state index contributed by atoms with van der Waals surface area (Å²) in [6, 6.07) is 17.1. The first-order valence-electron chi connectivity index (χ1n) is 10.3. The van der Waals surface area contributed by atoms with E-state index in [1.807, 2.05) is 0 Å². The van der Waals surface area contributed by atoms with E-state index in [2.05, 4.69) is 10.5 Å². The smallest absolute Gasteiger partial charge is 0.289 e. The number of phenols is 1. The molecule has 35 heavy (non-hydrogen) atoms. The van der Waals surface area contributed by atoms with E-state index in [0.717, 1.165) is 16.4 Å². The van der Waals surface area contributed by atoms with Crippen LogP contribution in [-0.2, 0) is 14.8 Å². The third kappa shape index (κ3) is 6.12. The number of phenolic OH excluding ortho intramolecular Hbond substituents is 1. The van der Waals surface area contributed by atoms with Gasteiger partial charge in [0, 0.05) is 6.07 Å². The van der Waals surface area contributed by atoms with Crippen LogP contribution >= 0.6 is 0 Å². The Morgan fingerprint density at radius 1 is 1.14 bits per heavy atom. The molecule has 0 saturated heterocycles. The number of nitrogens with one attached hydrogen (secondary N) is 1. The minimum Gasteiger partial charge on any atom is -0.504 e. The Bertz CT molecular complexity index is 1340. The number of nitrogens with zero attached hydrogens (tertiary/aromatic N) is 3. The number of aromatic hydroxyl groups is 1. The molecule has 0 spiro atoms. The van der Waals surface area contributed by atoms with Crippen molar-refractivity contribution in [1.29, 1.82) is 0 Å². The summed E-state index contributed by atoms with van der Waals surface area (Å²) in [6.45, 7) is 1.42. The quantitative estimate of drug-likeness (QED) is 0.248. The van der Waals surface area contributed by atoms with Gasteiger partial charge >= 0.3 is 0 Å². The number of hydrogen-bond donors (Lipinski definition) is 2. The number of benzene rings is 3. The number of carbonyl (C=O) groups is 1. The molecule has 0 unspecified atom stereocenters. The van der Waals surface area contributed by atoms with Crippen LogP contribution in [0.4, 0.5) is 11.4 Å². The SMILES string of the molecule is CCOc1cc(/C=N\NC(=O)CN(c2ccccc2)S(=O)(=O)c2ccccc2[N+](=O)[O-])ccc1O. The first-order valence-corrected chi connectivity index (χ1v) is 11.8. The normalized spacial score (nSPS) is 11.2. The summed E-state index contributed by atoms with van der Waals surface area (Å²) in [5.74, 6) is -0.587. The minimum absolute atomic E-state index is 0.0493. The summed E-state index contributed by atoms with van der Waals surface area (Å²) >= 11 is 0. The van der Waals surface area contributed by atoms with E-state index in [4.69, 9.17) is 4.74 Å². The van der Waals surface area contributed by atoms with Gasteiger partial charge in [0.25, 0.3) is 21.6 Å². The summed E-state index contributed by atoms with van der Waals surface area (Å²) in [4.78, 5) is 22.7. The molecule has 0 saturated carbocycles. The second kappa shape index (κ2) is 11.1. The van der Waals surface area contributed by atoms with Crippen LogP contribution in [0, 0.1) is 10.1 Å². The highest BCUT2D eigenvalue weighted by Gasteiger charge is 2.33. The van der Waals surface area contributed by atoms with Crippen LogP contribution in [0.2, 0.25) is 0 Å². The van der Waals surface area contributed by atoms with Gasteiger partial charge in [-0.15, -0.1) is 0 Å². The maximum Gasteiger partial charge on any atom is 0.289 e. The third-order valence-electron chi connectivity index (χ3n) is 4.65. The van der Waals surface area contributed by atoms with Crippen LogP contribution in [0.5, 0.6) is 11.5 Å². The number of hydrazone groups is 1. The Hall–Kier alpha value is -4.45. The third-order valence-corrected chi connectivity index (χ3v) is 6.47. The van der Waals surface area contributed by atoms with Crippen molar-refractivity contribution in [2.45, 2.75) is 11.8 Å². The van der Waals surface area contributed by atoms with E-state index in [1.54, 1.807) is 31.2 Å². The number of carbonyl (C=O) groups excluding carboxylic acids is 1. The zero-order valence-electron chi connectivity index (χ0n) is 18.6. The molecule has 0 aliphatic rings. The van der Waals surface area contributed by atoms with E-state index >= 15 is 0 Å². The zero-order valence-corrected chi connectivity index (χ0v) is 19.4. The predicted molar refractivity (Wildman–Crippen MR) is 129 cm³/mol. The fraction of sp³-hybridized carbons (Fsp3) is 0.130. The second-order valence-corrected chi connectivity index (χ2v) is 8.86. The van der Waals surface area contributed by atoms with Gasteiger partial charge in [0.15, 0.2) is 16.4 Å². The number of nitro benzene ring substituents is 1. The zero-order chi connectivity index (χ0) is 25.4. The van der Waals surface area contributed by atoms with Gasteiger partial charge in [-0.1, -0.05) is 30.3 Å². The van der Waals surface area contributed by atoms with Crippen molar-refractivity contribution < 1.29 is 28.0 Å². The lowest BCUT2D eigenvalue weighted by Crippen LogP contribution is -2.39. The summed E-state index contributed by atoms with van der Waals surface area (Å²) in [5.41, 5.74) is 2.29. The Morgan fingerprint density at radius 2 is 1.83 bits per heavy atom. The van der Waals surface area contributed by atoms with Crippen LogP contribution in [-0.4, -0.2) is 43.7 Å². The number of nitro groups is 1. The molecular formula is C23H22N4O7S. The molecule has 2 N–H and O–H groups in total. The predicted octanol–water partition coefficient (Wildman–Crippen LogP) is 3.04. The molecule has 3 aromatic carbocycles. The van der Waals surface area contributed by atoms with Crippen molar-refractivity contribution >= 4 is 33.5 Å². The second-order valence-electron chi connectivity index (χ2n) is 7.03. The van der Waals surface area contributed by atoms with Crippen LogP contribution in [0.3, 0.4) is 0 Å². The molecule has 0 heterocycles. The number of rotatable bonds is 10. The fourth-order valence-electron chi connectivity index (χ4n) is 3.08. The van der Waals surface area contributed by atoms with Gasteiger partial charge in [-0.2, -0.15) is 5.10 Å². The highest BCUT2D eigenvalue weighted by Crippen LogP contribution is 2.29. The number of sulfonamides is 1. The van der Waals surface area contributed by atoms with Crippen molar-refractivity contribution in [3.63, 3.8) is 0 Å². The number of amides is 1. The van der Waals surface area contributed by atoms with Gasteiger partial charge in [-0.3, -0.25) is 19.2 Å². The molecule has 0 bridgehead atoms. The molecular weight excluding hydrogens is 476 g/mol. The average Bonchev–Trinajstić information content (AvgIpc) is 2.85. The van der Waals surface area contributed by atoms with E-state index in [9.17, 15) is 28.4 Å². The molecule has 1 amide bonds. The summed E-state index contributed by atoms with van der Waals surface area (Å²) < 4.78 is 32.8. The molecule has 0 aliphatic carbocycles. The summed E-state index contributed by atoms with van der Waals surface area (Å²) in [7, 11) is -4.48. The first-order chi connectivity index (χ1) is 16.7. The minimum atomic E-state index is -4.48. The molecule has 0 aromatic heterocycles. The summed E-state index contributed by atoms with van der Waals surface area (Å²) in [5, 5.41) is 25.0. The van der Waals surface area contributed by atoms with Gasteiger partial charge in [0.05, 0.1) is 23.4 Å². The van der Waals surface area contributed by atoms with E-state index in [-0.39, 0.29) is 17.2 Å². The van der Waals surface area contributed by atoms with Gasteiger partial charge < -0.3 is 9.84 Å². The van der Waals surface area contributed by atoms with E-state index < -0.39 is 38.0 Å². The molecule has 182 valence electrons. The van der Waals surface area contributed by atoms with Gasteiger partial charge in [-0.25, -0.2) is 13.8 Å². The molecule has 0 radical (unpaired) electrons. The van der Waals surface area contributed by atoms with Crippen LogP contribution in [0.1, 0.15) is 12.5 Å². The molecule has 12 heteroatoms. The fourth-order valence-corrected chi connectivity index (χ4v) is 4.66. The lowest BCUT2D eigenvalue weighted by atomic mass is 10.2. The van der Waals surface area contributed by atoms with Crippen LogP contribution in [0.25, 0.3) is 0 Å². The van der Waals surface area contributed by atoms with Crippen molar-refractivity contribution in [3.8, 4) is 11.5 Å². The maximum atomic E-state index is 13.4. The lowest BCUT2D eigenvalue weighted by Gasteiger charge is -2.23. The maximum absolute atomic E-state index is 13.4. The molecule has 11 nitrogen and oxygen atoms in total. The molecule has 0 fully saturated rings. The topological polar surface area (TPSA) is 151 Å². The highest BCUT2D eigenvalue weighted by atomic mass is 32.2. The number of para-hydroxylation sites is 2. The summed E-state index contributed by atoms with van der Waals surface area (Å²) in [6.07, 6.45) is 1.29. The largest absolute Gasteiger partial charge is 0.504 e. The lowest BCUT2D eigenvalue weighted by molar-refractivity contribution is -0.387. The molecule has 3 rings (SSSR count). The van der Waals surface area contributed by atoms with Crippen molar-refractivity contribution in [2.75, 3.05) is 17.5 Å². The van der Waals surface area contributed by atoms with Crippen LogP contribution < -0.4 is 14.5 Å². The molecule has 3 aromatic rings. The van der Waals surface area contributed by atoms with Gasteiger partial charge in [-0.05, 0) is 48.9 Å². The van der Waals surface area contributed by atoms with Crippen molar-refractivity contribution in [1.82, 2.24) is 5.43 Å². The Labute approximate surface area is 201 Å². The van der Waals surface area contributed by atoms with Gasteiger partial charge in [0.1, 0.15) is 6.54 Å². The number of hydrogen-bond acceptors (Lipinski definition) is 8. The standard InChI is InChI=1S/C23H22N4O7S/c1-2-34-21-14-17(12-13-20(21)28)15-24-25-23(29)16-26(18-8-4-3-5-9-18)35(32,33)22-11-7-6-10-19(22)27(30)31/h3-15,28H,2,16H2,1H3,(H,25,29)/b24-15-. The highest BCUT2D eigenvalue weighted by molar-refractivity contribution is 7.93. The van der Waals surface area contributed by atoms with Crippen molar-refractivity contribution in [3.05, 3.63) is 88.5 Å². The average molecular weight is 499 g/mol. The Kier molecular flexibility index (Phi) is 8.00. The Morgan fingerprint density at radius 3 is 2.51 bits per heavy atom.